The number of carbonyl (C=O) groups is 1. The van der Waals surface area contributed by atoms with E-state index in [2.05, 4.69) is 28.5 Å². The standard InChI is InChI=1S/C22H18N2O/c25-22(24-15-16-6-11-21-20(14-16)12-13-23-21)19-9-7-18(8-10-19)17-4-2-1-3-5-17/h1-14,23H,15H2,(H,24,25). The molecule has 1 amide bonds. The number of benzene rings is 3. The van der Waals surface area contributed by atoms with Gasteiger partial charge in [0.05, 0.1) is 0 Å². The van der Waals surface area contributed by atoms with Gasteiger partial charge in [0.1, 0.15) is 0 Å². The van der Waals surface area contributed by atoms with E-state index in [0.29, 0.717) is 12.1 Å². The first-order chi connectivity index (χ1) is 12.3. The average Bonchev–Trinajstić information content (AvgIpc) is 3.15. The van der Waals surface area contributed by atoms with Crippen LogP contribution in [-0.2, 0) is 6.54 Å². The van der Waals surface area contributed by atoms with Crippen LogP contribution in [0.5, 0.6) is 0 Å². The smallest absolute Gasteiger partial charge is 0.251 e. The molecule has 1 aromatic heterocycles. The molecule has 1 heterocycles. The fourth-order valence-corrected chi connectivity index (χ4v) is 2.94. The highest BCUT2D eigenvalue weighted by molar-refractivity contribution is 5.94. The van der Waals surface area contributed by atoms with Crippen LogP contribution in [0.25, 0.3) is 22.0 Å². The number of nitrogens with one attached hydrogen (secondary N) is 2. The van der Waals surface area contributed by atoms with Gasteiger partial charge >= 0.3 is 0 Å². The summed E-state index contributed by atoms with van der Waals surface area (Å²) in [5, 5.41) is 4.13. The van der Waals surface area contributed by atoms with Crippen LogP contribution in [0.1, 0.15) is 15.9 Å². The minimum atomic E-state index is -0.0613. The van der Waals surface area contributed by atoms with Crippen LogP contribution in [-0.4, -0.2) is 10.9 Å². The number of aromatic nitrogens is 1. The molecule has 0 saturated carbocycles. The Bertz CT molecular complexity index is 1000. The second-order valence-corrected chi connectivity index (χ2v) is 6.03. The van der Waals surface area contributed by atoms with Gasteiger partial charge in [-0.15, -0.1) is 0 Å². The number of hydrogen-bond acceptors (Lipinski definition) is 1. The van der Waals surface area contributed by atoms with Crippen LogP contribution in [0.3, 0.4) is 0 Å². The maximum atomic E-state index is 12.4. The van der Waals surface area contributed by atoms with Crippen LogP contribution < -0.4 is 5.32 Å². The number of carbonyl (C=O) groups excluding carboxylic acids is 1. The molecule has 4 aromatic rings. The van der Waals surface area contributed by atoms with E-state index >= 15 is 0 Å². The van der Waals surface area contributed by atoms with E-state index in [1.54, 1.807) is 0 Å². The van der Waals surface area contributed by atoms with E-state index in [1.807, 2.05) is 66.9 Å². The van der Waals surface area contributed by atoms with Gasteiger partial charge in [0.2, 0.25) is 0 Å². The molecule has 0 atom stereocenters. The van der Waals surface area contributed by atoms with Crippen molar-refractivity contribution in [3.8, 4) is 11.1 Å². The van der Waals surface area contributed by atoms with E-state index in [4.69, 9.17) is 0 Å². The highest BCUT2D eigenvalue weighted by Gasteiger charge is 2.06. The van der Waals surface area contributed by atoms with Crippen molar-refractivity contribution in [2.45, 2.75) is 6.54 Å². The Morgan fingerprint density at radius 2 is 1.60 bits per heavy atom. The molecule has 25 heavy (non-hydrogen) atoms. The van der Waals surface area contributed by atoms with Crippen molar-refractivity contribution >= 4 is 16.8 Å². The fraction of sp³-hybridized carbons (Fsp3) is 0.0455. The molecule has 0 saturated heterocycles. The zero-order valence-electron chi connectivity index (χ0n) is 13.7. The van der Waals surface area contributed by atoms with E-state index in [1.165, 1.54) is 0 Å². The van der Waals surface area contributed by atoms with Crippen molar-refractivity contribution < 1.29 is 4.79 Å². The molecule has 0 spiro atoms. The van der Waals surface area contributed by atoms with Crippen LogP contribution in [0.15, 0.2) is 85.1 Å². The summed E-state index contributed by atoms with van der Waals surface area (Å²) in [5.74, 6) is -0.0613. The summed E-state index contributed by atoms with van der Waals surface area (Å²) < 4.78 is 0. The molecule has 3 heteroatoms. The maximum absolute atomic E-state index is 12.4. The molecule has 0 fully saturated rings. The molecule has 122 valence electrons. The molecule has 0 aliphatic carbocycles. The van der Waals surface area contributed by atoms with Crippen molar-refractivity contribution in [3.05, 3.63) is 96.2 Å². The zero-order chi connectivity index (χ0) is 17.1. The molecule has 0 unspecified atom stereocenters. The maximum Gasteiger partial charge on any atom is 0.251 e. The highest BCUT2D eigenvalue weighted by atomic mass is 16.1. The number of rotatable bonds is 4. The second-order valence-electron chi connectivity index (χ2n) is 6.03. The molecule has 3 aromatic carbocycles. The summed E-state index contributed by atoms with van der Waals surface area (Å²) in [6.07, 6.45) is 1.92. The van der Waals surface area contributed by atoms with E-state index in [-0.39, 0.29) is 5.91 Å². The Hall–Kier alpha value is -3.33. The number of H-pyrrole nitrogens is 1. The lowest BCUT2D eigenvalue weighted by Gasteiger charge is -2.07. The van der Waals surface area contributed by atoms with Crippen LogP contribution in [0, 0.1) is 0 Å². The first-order valence-corrected chi connectivity index (χ1v) is 8.29. The topological polar surface area (TPSA) is 44.9 Å². The summed E-state index contributed by atoms with van der Waals surface area (Å²) in [5.41, 5.74) is 5.11. The molecule has 0 radical (unpaired) electrons. The monoisotopic (exact) mass is 326 g/mol. The lowest BCUT2D eigenvalue weighted by atomic mass is 10.0. The van der Waals surface area contributed by atoms with Crippen molar-refractivity contribution in [2.24, 2.45) is 0 Å². The Labute approximate surface area is 146 Å². The lowest BCUT2D eigenvalue weighted by Crippen LogP contribution is -2.22. The number of aromatic amines is 1. The van der Waals surface area contributed by atoms with E-state index in [0.717, 1.165) is 27.6 Å². The molecular weight excluding hydrogens is 308 g/mol. The first kappa shape index (κ1) is 15.2. The third-order valence-corrected chi connectivity index (χ3v) is 4.32. The molecule has 2 N–H and O–H groups in total. The first-order valence-electron chi connectivity index (χ1n) is 8.29. The number of amides is 1. The third-order valence-electron chi connectivity index (χ3n) is 4.32. The van der Waals surface area contributed by atoms with E-state index < -0.39 is 0 Å². The normalized spacial score (nSPS) is 10.7. The highest BCUT2D eigenvalue weighted by Crippen LogP contribution is 2.19. The fourth-order valence-electron chi connectivity index (χ4n) is 2.94. The largest absolute Gasteiger partial charge is 0.361 e. The van der Waals surface area contributed by atoms with Gasteiger partial charge in [0.15, 0.2) is 0 Å². The SMILES string of the molecule is O=C(NCc1ccc2[nH]ccc2c1)c1ccc(-c2ccccc2)cc1. The Balaban J connectivity index is 1.44. The molecule has 4 rings (SSSR count). The minimum absolute atomic E-state index is 0.0613. The molecule has 0 bridgehead atoms. The van der Waals surface area contributed by atoms with Gasteiger partial charge in [-0.05, 0) is 52.4 Å². The van der Waals surface area contributed by atoms with Crippen LogP contribution in [0.2, 0.25) is 0 Å². The Morgan fingerprint density at radius 3 is 2.40 bits per heavy atom. The van der Waals surface area contributed by atoms with Crippen molar-refractivity contribution in [1.82, 2.24) is 10.3 Å². The van der Waals surface area contributed by atoms with Gasteiger partial charge in [0, 0.05) is 23.8 Å². The predicted molar refractivity (Wildman–Crippen MR) is 101 cm³/mol. The van der Waals surface area contributed by atoms with Crippen LogP contribution in [0.4, 0.5) is 0 Å². The molecule has 3 nitrogen and oxygen atoms in total. The van der Waals surface area contributed by atoms with E-state index in [9.17, 15) is 4.79 Å². The number of fused-ring (bicyclic) bond motifs is 1. The Morgan fingerprint density at radius 1 is 0.840 bits per heavy atom. The molecular formula is C22H18N2O. The number of hydrogen-bond donors (Lipinski definition) is 2. The van der Waals surface area contributed by atoms with Gasteiger partial charge in [0.25, 0.3) is 5.91 Å². The molecule has 0 aliphatic rings. The summed E-state index contributed by atoms with van der Waals surface area (Å²) >= 11 is 0. The van der Waals surface area contributed by atoms with Gasteiger partial charge in [-0.2, -0.15) is 0 Å². The average molecular weight is 326 g/mol. The van der Waals surface area contributed by atoms with Gasteiger partial charge in [-0.25, -0.2) is 0 Å². The van der Waals surface area contributed by atoms with Crippen molar-refractivity contribution in [3.63, 3.8) is 0 Å². The summed E-state index contributed by atoms with van der Waals surface area (Å²) in [7, 11) is 0. The zero-order valence-corrected chi connectivity index (χ0v) is 13.7. The van der Waals surface area contributed by atoms with Crippen LogP contribution >= 0.6 is 0 Å². The predicted octanol–water partition coefficient (Wildman–Crippen LogP) is 4.76. The van der Waals surface area contributed by atoms with Crippen molar-refractivity contribution in [1.29, 1.82) is 0 Å². The van der Waals surface area contributed by atoms with Gasteiger partial charge in [-0.1, -0.05) is 48.5 Å². The van der Waals surface area contributed by atoms with Gasteiger partial charge in [-0.3, -0.25) is 4.79 Å². The lowest BCUT2D eigenvalue weighted by molar-refractivity contribution is 0.0951. The summed E-state index contributed by atoms with van der Waals surface area (Å²) in [6, 6.07) is 26.0. The minimum Gasteiger partial charge on any atom is -0.361 e. The second kappa shape index (κ2) is 6.65. The third kappa shape index (κ3) is 3.31. The summed E-state index contributed by atoms with van der Waals surface area (Å²) in [6.45, 7) is 0.514. The molecule has 0 aliphatic heterocycles. The Kier molecular flexibility index (Phi) is 4.05. The van der Waals surface area contributed by atoms with Crippen molar-refractivity contribution in [2.75, 3.05) is 0 Å². The van der Waals surface area contributed by atoms with Gasteiger partial charge < -0.3 is 10.3 Å². The summed E-state index contributed by atoms with van der Waals surface area (Å²) in [4.78, 5) is 15.5. The quantitative estimate of drug-likeness (QED) is 0.558.